The van der Waals surface area contributed by atoms with Gasteiger partial charge < -0.3 is 5.32 Å². The Morgan fingerprint density at radius 2 is 2.00 bits per heavy atom. The van der Waals surface area contributed by atoms with Crippen LogP contribution < -0.4 is 5.32 Å². The number of likely N-dealkylation sites (N-methyl/N-ethyl adjacent to an activating group) is 1. The van der Waals surface area contributed by atoms with Gasteiger partial charge in [0.15, 0.2) is 11.6 Å². The molecule has 0 aliphatic carbocycles. The van der Waals surface area contributed by atoms with Crippen molar-refractivity contribution in [2.45, 2.75) is 26.8 Å². The first-order valence-electron chi connectivity index (χ1n) is 7.66. The Morgan fingerprint density at radius 1 is 1.33 bits per heavy atom. The lowest BCUT2D eigenvalue weighted by Crippen LogP contribution is -2.32. The largest absolute Gasteiger partial charge is 0.322 e. The van der Waals surface area contributed by atoms with Crippen molar-refractivity contribution in [1.82, 2.24) is 14.7 Å². The molecule has 1 heterocycles. The van der Waals surface area contributed by atoms with Crippen LogP contribution in [-0.2, 0) is 11.8 Å². The number of carbonyl (C=O) groups excluding carboxylic acids is 1. The quantitative estimate of drug-likeness (QED) is 0.913. The van der Waals surface area contributed by atoms with E-state index in [-0.39, 0.29) is 18.5 Å². The number of nitrogens with one attached hydrogen (secondary N) is 1. The highest BCUT2D eigenvalue weighted by atomic mass is 19.2. The Morgan fingerprint density at radius 3 is 2.54 bits per heavy atom. The minimum Gasteiger partial charge on any atom is -0.322 e. The van der Waals surface area contributed by atoms with Gasteiger partial charge in [-0.1, -0.05) is 6.07 Å². The average molecular weight is 336 g/mol. The number of anilines is 1. The van der Waals surface area contributed by atoms with Crippen molar-refractivity contribution in [1.29, 1.82) is 0 Å². The molecule has 130 valence electrons. The molecule has 0 radical (unpaired) electrons. The number of rotatable bonds is 5. The van der Waals surface area contributed by atoms with Crippen molar-refractivity contribution in [3.05, 3.63) is 46.8 Å². The number of amides is 1. The van der Waals surface area contributed by atoms with E-state index in [2.05, 4.69) is 10.4 Å². The second kappa shape index (κ2) is 7.09. The maximum absolute atomic E-state index is 13.4. The molecule has 1 amide bonds. The van der Waals surface area contributed by atoms with E-state index in [9.17, 15) is 13.6 Å². The number of hydrogen-bond donors (Lipinski definition) is 1. The van der Waals surface area contributed by atoms with Gasteiger partial charge in [-0.2, -0.15) is 5.10 Å². The van der Waals surface area contributed by atoms with Crippen LogP contribution in [0.25, 0.3) is 0 Å². The molecule has 2 rings (SSSR count). The summed E-state index contributed by atoms with van der Waals surface area (Å²) in [4.78, 5) is 14.0. The molecule has 24 heavy (non-hydrogen) atoms. The van der Waals surface area contributed by atoms with Crippen LogP contribution >= 0.6 is 0 Å². The molecule has 0 aliphatic heterocycles. The summed E-state index contributed by atoms with van der Waals surface area (Å²) < 4.78 is 28.1. The second-order valence-electron chi connectivity index (χ2n) is 5.98. The summed E-state index contributed by atoms with van der Waals surface area (Å²) in [5, 5.41) is 7.11. The molecular formula is C17H22F2N4O. The number of aromatic nitrogens is 2. The smallest absolute Gasteiger partial charge is 0.238 e. The fourth-order valence-corrected chi connectivity index (χ4v) is 2.52. The van der Waals surface area contributed by atoms with Gasteiger partial charge in [-0.15, -0.1) is 0 Å². The van der Waals surface area contributed by atoms with Gasteiger partial charge in [0.1, 0.15) is 0 Å². The number of hydrogen-bond acceptors (Lipinski definition) is 3. The number of aryl methyl sites for hydroxylation is 2. The summed E-state index contributed by atoms with van der Waals surface area (Å²) in [7, 11) is 3.57. The predicted octanol–water partition coefficient (Wildman–Crippen LogP) is 2.95. The molecule has 5 nitrogen and oxygen atoms in total. The van der Waals surface area contributed by atoms with E-state index >= 15 is 0 Å². The summed E-state index contributed by atoms with van der Waals surface area (Å²) in [5.74, 6) is -1.96. The molecule has 1 atom stereocenters. The van der Waals surface area contributed by atoms with Crippen molar-refractivity contribution in [2.24, 2.45) is 7.05 Å². The third-order valence-corrected chi connectivity index (χ3v) is 4.25. The predicted molar refractivity (Wildman–Crippen MR) is 88.7 cm³/mol. The molecule has 7 heteroatoms. The summed E-state index contributed by atoms with van der Waals surface area (Å²) in [6, 6.07) is 3.54. The summed E-state index contributed by atoms with van der Waals surface area (Å²) in [6.07, 6.45) is 0. The van der Waals surface area contributed by atoms with Crippen LogP contribution in [-0.4, -0.2) is 34.2 Å². The van der Waals surface area contributed by atoms with Gasteiger partial charge in [-0.05, 0) is 45.5 Å². The first-order chi connectivity index (χ1) is 11.2. The number of nitrogens with zero attached hydrogens (tertiary/aromatic N) is 3. The first kappa shape index (κ1) is 18.1. The van der Waals surface area contributed by atoms with Crippen LogP contribution in [0.1, 0.15) is 29.9 Å². The van der Waals surface area contributed by atoms with Crippen molar-refractivity contribution in [3.8, 4) is 0 Å². The summed E-state index contributed by atoms with van der Waals surface area (Å²) in [6.45, 7) is 5.66. The molecule has 0 saturated heterocycles. The van der Waals surface area contributed by atoms with Crippen LogP contribution in [0, 0.1) is 25.5 Å². The monoisotopic (exact) mass is 336 g/mol. The molecule has 1 aromatic heterocycles. The minimum atomic E-state index is -0.890. The van der Waals surface area contributed by atoms with Gasteiger partial charge in [-0.3, -0.25) is 14.4 Å². The molecule has 2 aromatic rings. The second-order valence-corrected chi connectivity index (χ2v) is 5.98. The SMILES string of the molecule is Cc1nn(C)c(C)c1NC(=O)CN(C)C(C)c1ccc(F)c(F)c1. The van der Waals surface area contributed by atoms with Gasteiger partial charge in [0.25, 0.3) is 0 Å². The highest BCUT2D eigenvalue weighted by Gasteiger charge is 2.18. The van der Waals surface area contributed by atoms with E-state index in [1.807, 2.05) is 27.8 Å². The standard InChI is InChI=1S/C17H22F2N4O/c1-10-17(12(3)23(5)21-10)20-16(24)9-22(4)11(2)13-6-7-14(18)15(19)8-13/h6-8,11H,9H2,1-5H3,(H,20,24). The highest BCUT2D eigenvalue weighted by Crippen LogP contribution is 2.22. The Bertz CT molecular complexity index is 757. The lowest BCUT2D eigenvalue weighted by atomic mass is 10.1. The molecule has 1 aromatic carbocycles. The zero-order valence-corrected chi connectivity index (χ0v) is 14.5. The van der Waals surface area contributed by atoms with Gasteiger partial charge in [0.05, 0.1) is 23.6 Å². The maximum atomic E-state index is 13.4. The van der Waals surface area contributed by atoms with Crippen LogP contribution in [0.5, 0.6) is 0 Å². The number of benzene rings is 1. The Kier molecular flexibility index (Phi) is 5.33. The fraction of sp³-hybridized carbons (Fsp3) is 0.412. The lowest BCUT2D eigenvalue weighted by molar-refractivity contribution is -0.117. The molecule has 0 fully saturated rings. The van der Waals surface area contributed by atoms with E-state index < -0.39 is 11.6 Å². The molecule has 0 saturated carbocycles. The molecule has 0 bridgehead atoms. The Balaban J connectivity index is 2.03. The minimum absolute atomic E-state index is 0.119. The normalized spacial score (nSPS) is 12.5. The van der Waals surface area contributed by atoms with Crippen molar-refractivity contribution >= 4 is 11.6 Å². The first-order valence-corrected chi connectivity index (χ1v) is 7.66. The maximum Gasteiger partial charge on any atom is 0.238 e. The van der Waals surface area contributed by atoms with E-state index in [0.29, 0.717) is 11.3 Å². The van der Waals surface area contributed by atoms with E-state index in [0.717, 1.165) is 23.5 Å². The zero-order valence-electron chi connectivity index (χ0n) is 14.5. The summed E-state index contributed by atoms with van der Waals surface area (Å²) >= 11 is 0. The molecule has 1 N–H and O–H groups in total. The van der Waals surface area contributed by atoms with Crippen molar-refractivity contribution in [3.63, 3.8) is 0 Å². The van der Waals surface area contributed by atoms with Gasteiger partial charge in [0, 0.05) is 13.1 Å². The Labute approximate surface area is 140 Å². The lowest BCUT2D eigenvalue weighted by Gasteiger charge is -2.24. The van der Waals surface area contributed by atoms with E-state index in [1.165, 1.54) is 6.07 Å². The highest BCUT2D eigenvalue weighted by molar-refractivity contribution is 5.93. The Hall–Kier alpha value is -2.28. The van der Waals surface area contributed by atoms with Crippen molar-refractivity contribution in [2.75, 3.05) is 18.9 Å². The van der Waals surface area contributed by atoms with E-state index in [4.69, 9.17) is 0 Å². The van der Waals surface area contributed by atoms with Crippen molar-refractivity contribution < 1.29 is 13.6 Å². The molecule has 0 aliphatic rings. The number of carbonyl (C=O) groups is 1. The molecule has 1 unspecified atom stereocenters. The third kappa shape index (κ3) is 3.79. The molecular weight excluding hydrogens is 314 g/mol. The van der Waals surface area contributed by atoms with Crippen LogP contribution in [0.3, 0.4) is 0 Å². The number of halogens is 2. The average Bonchev–Trinajstić information content (AvgIpc) is 2.75. The summed E-state index contributed by atoms with van der Waals surface area (Å²) in [5.41, 5.74) is 2.94. The zero-order chi connectivity index (χ0) is 18.0. The van der Waals surface area contributed by atoms with Gasteiger partial charge in [-0.25, -0.2) is 8.78 Å². The van der Waals surface area contributed by atoms with E-state index in [1.54, 1.807) is 16.6 Å². The van der Waals surface area contributed by atoms with Crippen LogP contribution in [0.15, 0.2) is 18.2 Å². The van der Waals surface area contributed by atoms with Gasteiger partial charge in [0.2, 0.25) is 5.91 Å². The molecule has 0 spiro atoms. The van der Waals surface area contributed by atoms with Crippen LogP contribution in [0.2, 0.25) is 0 Å². The van der Waals surface area contributed by atoms with Crippen LogP contribution in [0.4, 0.5) is 14.5 Å². The fourth-order valence-electron chi connectivity index (χ4n) is 2.52. The topological polar surface area (TPSA) is 50.2 Å². The van der Waals surface area contributed by atoms with Gasteiger partial charge >= 0.3 is 0 Å². The third-order valence-electron chi connectivity index (χ3n) is 4.25.